The van der Waals surface area contributed by atoms with Crippen LogP contribution in [0.2, 0.25) is 0 Å². The van der Waals surface area contributed by atoms with Crippen molar-refractivity contribution in [1.82, 2.24) is 0 Å². The van der Waals surface area contributed by atoms with Gasteiger partial charge in [-0.3, -0.25) is 0 Å². The van der Waals surface area contributed by atoms with Crippen LogP contribution < -0.4 is 0 Å². The Hall–Kier alpha value is 0.590. The molecule has 0 aromatic rings. The predicted molar refractivity (Wildman–Crippen MR) is 39.0 cm³/mol. The van der Waals surface area contributed by atoms with Crippen molar-refractivity contribution in [1.29, 1.82) is 0 Å². The molecule has 0 bridgehead atoms. The third-order valence-electron chi connectivity index (χ3n) is 0.894. The van der Waals surface area contributed by atoms with Gasteiger partial charge in [0.1, 0.15) is 12.3 Å². The van der Waals surface area contributed by atoms with E-state index >= 15 is 0 Å². The molecular formula is C5H9F2I. The molecule has 1 atom stereocenters. The maximum absolute atomic E-state index is 12.4. The minimum atomic E-state index is -1.58. The van der Waals surface area contributed by atoms with Crippen LogP contribution in [0.15, 0.2) is 0 Å². The van der Waals surface area contributed by atoms with E-state index in [1.165, 1.54) is 6.92 Å². The van der Waals surface area contributed by atoms with Crippen LogP contribution in [-0.4, -0.2) is 16.8 Å². The number of halogens is 3. The van der Waals surface area contributed by atoms with Crippen LogP contribution in [0.25, 0.3) is 0 Å². The van der Waals surface area contributed by atoms with Crippen molar-refractivity contribution in [3.05, 3.63) is 0 Å². The van der Waals surface area contributed by atoms with Gasteiger partial charge in [0, 0.05) is 4.43 Å². The second-order valence-electron chi connectivity index (χ2n) is 1.99. The lowest BCUT2D eigenvalue weighted by molar-refractivity contribution is 0.139. The van der Waals surface area contributed by atoms with E-state index in [0.29, 0.717) is 10.8 Å². The monoisotopic (exact) mass is 234 g/mol. The first kappa shape index (κ1) is 8.59. The highest BCUT2D eigenvalue weighted by Gasteiger charge is 2.21. The SMILES string of the molecule is CC(F)(CF)CCI. The van der Waals surface area contributed by atoms with Crippen LogP contribution in [0.3, 0.4) is 0 Å². The molecule has 0 heterocycles. The van der Waals surface area contributed by atoms with Crippen LogP contribution in [0.1, 0.15) is 13.3 Å². The molecule has 1 unspecified atom stereocenters. The Bertz CT molecular complexity index is 63.4. The summed E-state index contributed by atoms with van der Waals surface area (Å²) in [5.41, 5.74) is -1.58. The van der Waals surface area contributed by atoms with Crippen molar-refractivity contribution in [2.45, 2.75) is 19.0 Å². The zero-order chi connectivity index (χ0) is 6.62. The predicted octanol–water partition coefficient (Wildman–Crippen LogP) is 2.51. The molecule has 0 nitrogen and oxygen atoms in total. The van der Waals surface area contributed by atoms with Crippen molar-refractivity contribution in [2.24, 2.45) is 0 Å². The van der Waals surface area contributed by atoms with Gasteiger partial charge in [-0.2, -0.15) is 0 Å². The third-order valence-corrected chi connectivity index (χ3v) is 1.43. The summed E-state index contributed by atoms with van der Waals surface area (Å²) in [5, 5.41) is 0. The molecule has 0 aromatic carbocycles. The fraction of sp³-hybridized carbons (Fsp3) is 1.00. The molecule has 0 aliphatic rings. The van der Waals surface area contributed by atoms with Crippen molar-refractivity contribution in [2.75, 3.05) is 11.1 Å². The number of alkyl halides is 3. The summed E-state index contributed by atoms with van der Waals surface area (Å²) in [6.45, 7) is 0.418. The molecule has 0 aromatic heterocycles. The molecule has 0 radical (unpaired) electrons. The van der Waals surface area contributed by atoms with Crippen molar-refractivity contribution in [3.8, 4) is 0 Å². The lowest BCUT2D eigenvalue weighted by Gasteiger charge is -2.12. The van der Waals surface area contributed by atoms with E-state index in [1.807, 2.05) is 22.6 Å². The van der Waals surface area contributed by atoms with Crippen molar-refractivity contribution in [3.63, 3.8) is 0 Å². The molecule has 8 heavy (non-hydrogen) atoms. The minimum Gasteiger partial charge on any atom is -0.248 e. The molecule has 0 amide bonds. The molecule has 0 saturated heterocycles. The number of hydrogen-bond acceptors (Lipinski definition) is 0. The molecule has 0 rings (SSSR count). The number of hydrogen-bond donors (Lipinski definition) is 0. The first-order chi connectivity index (χ1) is 3.62. The maximum atomic E-state index is 12.4. The summed E-state index contributed by atoms with van der Waals surface area (Å²) in [5.74, 6) is 0. The molecule has 0 aliphatic carbocycles. The van der Waals surface area contributed by atoms with Crippen LogP contribution in [0.5, 0.6) is 0 Å². The molecule has 0 N–H and O–H groups in total. The fourth-order valence-electron chi connectivity index (χ4n) is 0.264. The van der Waals surface area contributed by atoms with E-state index in [4.69, 9.17) is 0 Å². The quantitative estimate of drug-likeness (QED) is 0.519. The Morgan fingerprint density at radius 1 is 1.62 bits per heavy atom. The zero-order valence-electron chi connectivity index (χ0n) is 4.76. The van der Waals surface area contributed by atoms with Gasteiger partial charge in [0.2, 0.25) is 0 Å². The van der Waals surface area contributed by atoms with E-state index < -0.39 is 12.3 Å². The Labute approximate surface area is 61.8 Å². The third kappa shape index (κ3) is 3.57. The van der Waals surface area contributed by atoms with Crippen molar-refractivity contribution >= 4 is 22.6 Å². The summed E-state index contributed by atoms with van der Waals surface area (Å²) in [4.78, 5) is 0. The van der Waals surface area contributed by atoms with Crippen LogP contribution >= 0.6 is 22.6 Å². The van der Waals surface area contributed by atoms with E-state index in [2.05, 4.69) is 0 Å². The summed E-state index contributed by atoms with van der Waals surface area (Å²) in [6, 6.07) is 0. The average Bonchev–Trinajstić information content (AvgIpc) is 1.67. The van der Waals surface area contributed by atoms with E-state index in [0.717, 1.165) is 0 Å². The van der Waals surface area contributed by atoms with Crippen LogP contribution in [-0.2, 0) is 0 Å². The minimum absolute atomic E-state index is 0.310. The largest absolute Gasteiger partial charge is 0.248 e. The Kier molecular flexibility index (Phi) is 3.85. The van der Waals surface area contributed by atoms with Gasteiger partial charge in [-0.25, -0.2) is 8.78 Å². The van der Waals surface area contributed by atoms with E-state index in [-0.39, 0.29) is 0 Å². The smallest absolute Gasteiger partial charge is 0.137 e. The average molecular weight is 234 g/mol. The first-order valence-corrected chi connectivity index (χ1v) is 3.96. The summed E-state index contributed by atoms with van der Waals surface area (Å²) in [7, 11) is 0. The highest BCUT2D eigenvalue weighted by molar-refractivity contribution is 14.1. The second-order valence-corrected chi connectivity index (χ2v) is 3.06. The van der Waals surface area contributed by atoms with Gasteiger partial charge in [-0.1, -0.05) is 22.6 Å². The normalized spacial score (nSPS) is 18.0. The standard InChI is InChI=1S/C5H9F2I/c1-5(7,4-6)2-3-8/h2-4H2,1H3. The first-order valence-electron chi connectivity index (χ1n) is 2.43. The second kappa shape index (κ2) is 3.58. The van der Waals surface area contributed by atoms with Gasteiger partial charge >= 0.3 is 0 Å². The van der Waals surface area contributed by atoms with Gasteiger partial charge in [-0.05, 0) is 13.3 Å². The molecule has 0 fully saturated rings. The van der Waals surface area contributed by atoms with Crippen molar-refractivity contribution < 1.29 is 8.78 Å². The van der Waals surface area contributed by atoms with Gasteiger partial charge in [-0.15, -0.1) is 0 Å². The molecular weight excluding hydrogens is 225 g/mol. The molecule has 0 aliphatic heterocycles. The highest BCUT2D eigenvalue weighted by Crippen LogP contribution is 2.16. The highest BCUT2D eigenvalue weighted by atomic mass is 127. The molecule has 0 spiro atoms. The van der Waals surface area contributed by atoms with E-state index in [9.17, 15) is 8.78 Å². The van der Waals surface area contributed by atoms with Gasteiger partial charge < -0.3 is 0 Å². The Balaban J connectivity index is 3.37. The summed E-state index contributed by atoms with van der Waals surface area (Å²) in [6.07, 6.45) is 0.310. The Morgan fingerprint density at radius 2 is 2.12 bits per heavy atom. The maximum Gasteiger partial charge on any atom is 0.137 e. The van der Waals surface area contributed by atoms with Crippen LogP contribution in [0.4, 0.5) is 8.78 Å². The lowest BCUT2D eigenvalue weighted by atomic mass is 10.1. The van der Waals surface area contributed by atoms with Crippen LogP contribution in [0, 0.1) is 0 Å². The zero-order valence-corrected chi connectivity index (χ0v) is 6.91. The molecule has 50 valence electrons. The van der Waals surface area contributed by atoms with Gasteiger partial charge in [0.15, 0.2) is 0 Å². The Morgan fingerprint density at radius 3 is 2.25 bits per heavy atom. The molecule has 3 heteroatoms. The van der Waals surface area contributed by atoms with Gasteiger partial charge in [0.25, 0.3) is 0 Å². The summed E-state index contributed by atoms with van der Waals surface area (Å²) >= 11 is 2.03. The fourth-order valence-corrected chi connectivity index (χ4v) is 1.39. The van der Waals surface area contributed by atoms with E-state index in [1.54, 1.807) is 0 Å². The van der Waals surface area contributed by atoms with Gasteiger partial charge in [0.05, 0.1) is 0 Å². The molecule has 0 saturated carbocycles. The lowest BCUT2D eigenvalue weighted by Crippen LogP contribution is -2.20. The number of rotatable bonds is 3. The topological polar surface area (TPSA) is 0 Å². The summed E-state index contributed by atoms with van der Waals surface area (Å²) < 4.78 is 24.7.